The fourth-order valence-electron chi connectivity index (χ4n) is 1.80. The molecular weight excluding hydrogens is 290 g/mol. The first kappa shape index (κ1) is 15.4. The molecule has 3 heteroatoms. The lowest BCUT2D eigenvalue weighted by atomic mass is 10.1. The van der Waals surface area contributed by atoms with Crippen LogP contribution in [0.3, 0.4) is 0 Å². The normalized spacial score (nSPS) is 12.3. The van der Waals surface area contributed by atoms with Gasteiger partial charge >= 0.3 is 0 Å². The smallest absolute Gasteiger partial charge is 0.0591 e. The second-order valence-corrected chi connectivity index (χ2v) is 5.08. The Morgan fingerprint density at radius 2 is 2.28 bits per heavy atom. The number of ether oxygens (including phenoxy) is 1. The van der Waals surface area contributed by atoms with E-state index in [1.54, 1.807) is 0 Å². The Kier molecular flexibility index (Phi) is 7.98. The average molecular weight is 312 g/mol. The molecule has 1 unspecified atom stereocenters. The molecule has 0 aromatic heterocycles. The lowest BCUT2D eigenvalue weighted by Gasteiger charge is -2.17. The molecule has 1 atom stereocenters. The summed E-state index contributed by atoms with van der Waals surface area (Å²) in [6.07, 6.45) is 3.87. The predicted molar refractivity (Wildman–Crippen MR) is 80.8 cm³/mol. The highest BCUT2D eigenvalue weighted by Crippen LogP contribution is 2.20. The van der Waals surface area contributed by atoms with Gasteiger partial charge in [-0.15, -0.1) is 6.58 Å². The van der Waals surface area contributed by atoms with Crippen molar-refractivity contribution < 1.29 is 4.74 Å². The number of halogens is 1. The minimum absolute atomic E-state index is 0.394. The molecule has 0 radical (unpaired) electrons. The van der Waals surface area contributed by atoms with Crippen LogP contribution in [-0.2, 0) is 4.74 Å². The van der Waals surface area contributed by atoms with E-state index < -0.39 is 0 Å². The molecule has 0 bridgehead atoms. The Balaban J connectivity index is 2.31. The van der Waals surface area contributed by atoms with Crippen molar-refractivity contribution in [1.82, 2.24) is 5.32 Å². The third kappa shape index (κ3) is 5.80. The largest absolute Gasteiger partial charge is 0.380 e. The molecule has 18 heavy (non-hydrogen) atoms. The number of hydrogen-bond donors (Lipinski definition) is 1. The number of benzene rings is 1. The maximum Gasteiger partial charge on any atom is 0.0591 e. The van der Waals surface area contributed by atoms with Crippen molar-refractivity contribution in [3.63, 3.8) is 0 Å². The van der Waals surface area contributed by atoms with Gasteiger partial charge in [-0.2, -0.15) is 0 Å². The number of rotatable bonds is 9. The van der Waals surface area contributed by atoms with Crippen LogP contribution in [0.5, 0.6) is 0 Å². The highest BCUT2D eigenvalue weighted by molar-refractivity contribution is 9.10. The Labute approximate surface area is 119 Å². The van der Waals surface area contributed by atoms with Gasteiger partial charge in [0.25, 0.3) is 0 Å². The quantitative estimate of drug-likeness (QED) is 0.548. The van der Waals surface area contributed by atoms with Gasteiger partial charge in [-0.05, 0) is 30.5 Å². The molecule has 2 nitrogen and oxygen atoms in total. The van der Waals surface area contributed by atoms with Gasteiger partial charge < -0.3 is 10.1 Å². The van der Waals surface area contributed by atoms with Gasteiger partial charge in [-0.3, -0.25) is 0 Å². The number of hydrogen-bond acceptors (Lipinski definition) is 2. The average Bonchev–Trinajstić information content (AvgIpc) is 2.38. The van der Waals surface area contributed by atoms with Gasteiger partial charge in [0.1, 0.15) is 0 Å². The minimum atomic E-state index is 0.394. The summed E-state index contributed by atoms with van der Waals surface area (Å²) in [5, 5.41) is 3.52. The van der Waals surface area contributed by atoms with E-state index in [-0.39, 0.29) is 0 Å². The van der Waals surface area contributed by atoms with E-state index in [0.717, 1.165) is 37.1 Å². The molecule has 100 valence electrons. The van der Waals surface area contributed by atoms with Crippen molar-refractivity contribution in [2.24, 2.45) is 0 Å². The lowest BCUT2D eigenvalue weighted by Crippen LogP contribution is -2.25. The molecule has 1 rings (SSSR count). The van der Waals surface area contributed by atoms with Gasteiger partial charge in [0.15, 0.2) is 0 Å². The molecule has 0 heterocycles. The van der Waals surface area contributed by atoms with E-state index in [2.05, 4.69) is 59.0 Å². The van der Waals surface area contributed by atoms with Crippen LogP contribution in [-0.4, -0.2) is 19.8 Å². The van der Waals surface area contributed by atoms with Crippen molar-refractivity contribution in [3.8, 4) is 0 Å². The van der Waals surface area contributed by atoms with E-state index in [1.165, 1.54) is 5.56 Å². The van der Waals surface area contributed by atoms with Crippen LogP contribution in [0, 0.1) is 0 Å². The van der Waals surface area contributed by atoms with Crippen molar-refractivity contribution in [1.29, 1.82) is 0 Å². The fourth-order valence-corrected chi connectivity index (χ4v) is 2.21. The Morgan fingerprint density at radius 3 is 2.94 bits per heavy atom. The topological polar surface area (TPSA) is 21.3 Å². The summed E-state index contributed by atoms with van der Waals surface area (Å²) < 4.78 is 6.61. The third-order valence-corrected chi connectivity index (χ3v) is 3.26. The fraction of sp³-hybridized carbons (Fsp3) is 0.467. The summed E-state index contributed by atoms with van der Waals surface area (Å²) in [6.45, 7) is 8.25. The van der Waals surface area contributed by atoms with Crippen molar-refractivity contribution in [2.75, 3.05) is 19.8 Å². The van der Waals surface area contributed by atoms with Crippen molar-refractivity contribution in [3.05, 3.63) is 47.0 Å². The molecule has 0 aliphatic carbocycles. The molecule has 0 aliphatic rings. The van der Waals surface area contributed by atoms with Crippen LogP contribution in [0.15, 0.2) is 41.4 Å². The van der Waals surface area contributed by atoms with Gasteiger partial charge in [-0.25, -0.2) is 0 Å². The first-order chi connectivity index (χ1) is 8.77. The van der Waals surface area contributed by atoms with Crippen LogP contribution in [0.2, 0.25) is 0 Å². The zero-order chi connectivity index (χ0) is 13.2. The second-order valence-electron chi connectivity index (χ2n) is 4.16. The minimum Gasteiger partial charge on any atom is -0.380 e. The Hall–Kier alpha value is -0.640. The van der Waals surface area contributed by atoms with E-state index in [9.17, 15) is 0 Å². The van der Waals surface area contributed by atoms with Crippen molar-refractivity contribution in [2.45, 2.75) is 25.8 Å². The lowest BCUT2D eigenvalue weighted by molar-refractivity contribution is 0.138. The van der Waals surface area contributed by atoms with Crippen LogP contribution in [0.25, 0.3) is 0 Å². The van der Waals surface area contributed by atoms with E-state index >= 15 is 0 Å². The first-order valence-electron chi connectivity index (χ1n) is 6.45. The highest BCUT2D eigenvalue weighted by Gasteiger charge is 2.08. The maximum absolute atomic E-state index is 5.49. The summed E-state index contributed by atoms with van der Waals surface area (Å²) in [5.74, 6) is 0. The molecular formula is C15H22BrNO. The first-order valence-corrected chi connectivity index (χ1v) is 7.24. The van der Waals surface area contributed by atoms with Crippen LogP contribution in [0.1, 0.15) is 31.4 Å². The molecule has 1 aromatic rings. The highest BCUT2D eigenvalue weighted by atomic mass is 79.9. The number of nitrogens with one attached hydrogen (secondary N) is 1. The monoisotopic (exact) mass is 311 g/mol. The molecule has 1 N–H and O–H groups in total. The molecule has 0 saturated heterocycles. The third-order valence-electron chi connectivity index (χ3n) is 2.76. The van der Waals surface area contributed by atoms with E-state index in [0.29, 0.717) is 6.04 Å². The zero-order valence-electron chi connectivity index (χ0n) is 11.0. The Morgan fingerprint density at radius 1 is 1.44 bits per heavy atom. The van der Waals surface area contributed by atoms with Gasteiger partial charge in [-0.1, -0.05) is 41.1 Å². The summed E-state index contributed by atoms with van der Waals surface area (Å²) in [6, 6.07) is 8.84. The second kappa shape index (κ2) is 9.31. The SMILES string of the molecule is C=CCCOCCNC(CC)c1cccc(Br)c1. The predicted octanol–water partition coefficient (Wildman–Crippen LogP) is 4.08. The van der Waals surface area contributed by atoms with Gasteiger partial charge in [0.05, 0.1) is 13.2 Å². The Bertz CT molecular complexity index is 354. The van der Waals surface area contributed by atoms with E-state index in [4.69, 9.17) is 4.74 Å². The zero-order valence-corrected chi connectivity index (χ0v) is 12.6. The van der Waals surface area contributed by atoms with E-state index in [1.807, 2.05) is 6.08 Å². The maximum atomic E-state index is 5.49. The molecule has 0 fully saturated rings. The van der Waals surface area contributed by atoms with Gasteiger partial charge in [0.2, 0.25) is 0 Å². The molecule has 0 spiro atoms. The molecule has 0 aliphatic heterocycles. The standard InChI is InChI=1S/C15H22BrNO/c1-3-5-10-18-11-9-17-15(4-2)13-7-6-8-14(16)12-13/h3,6-8,12,15,17H,1,4-5,9-11H2,2H3. The van der Waals surface area contributed by atoms with Gasteiger partial charge in [0, 0.05) is 17.1 Å². The summed E-state index contributed by atoms with van der Waals surface area (Å²) in [5.41, 5.74) is 1.32. The summed E-state index contributed by atoms with van der Waals surface area (Å²) >= 11 is 3.51. The molecule has 0 amide bonds. The summed E-state index contributed by atoms with van der Waals surface area (Å²) in [7, 11) is 0. The molecule has 0 saturated carbocycles. The van der Waals surface area contributed by atoms with Crippen LogP contribution < -0.4 is 5.32 Å². The van der Waals surface area contributed by atoms with Crippen LogP contribution >= 0.6 is 15.9 Å². The van der Waals surface area contributed by atoms with Crippen molar-refractivity contribution >= 4 is 15.9 Å². The summed E-state index contributed by atoms with van der Waals surface area (Å²) in [4.78, 5) is 0. The van der Waals surface area contributed by atoms with Crippen LogP contribution in [0.4, 0.5) is 0 Å². The molecule has 1 aromatic carbocycles.